The molecule has 3 heteroatoms. The quantitative estimate of drug-likeness (QED) is 0.234. The van der Waals surface area contributed by atoms with Gasteiger partial charge in [0.1, 0.15) is 11.5 Å². The molecule has 0 bridgehead atoms. The number of hydrogen-bond donors (Lipinski definition) is 0. The molecule has 2 saturated carbocycles. The van der Waals surface area contributed by atoms with Crippen LogP contribution in [0.15, 0.2) is 35.2 Å². The van der Waals surface area contributed by atoms with Gasteiger partial charge in [0.05, 0.1) is 17.1 Å². The molecular formula is C35H54O2S. The van der Waals surface area contributed by atoms with Crippen molar-refractivity contribution < 1.29 is 9.47 Å². The van der Waals surface area contributed by atoms with Crippen LogP contribution >= 0.6 is 11.8 Å². The molecule has 0 unspecified atom stereocenters. The minimum absolute atomic E-state index is 0.301. The van der Waals surface area contributed by atoms with E-state index in [-0.39, 0.29) is 0 Å². The summed E-state index contributed by atoms with van der Waals surface area (Å²) < 4.78 is 13.7. The molecule has 2 aliphatic rings. The van der Waals surface area contributed by atoms with Crippen molar-refractivity contribution in [3.8, 4) is 11.5 Å². The van der Waals surface area contributed by atoms with Crippen LogP contribution in [0.1, 0.15) is 119 Å². The maximum atomic E-state index is 6.90. The zero-order valence-corrected chi connectivity index (χ0v) is 26.2. The minimum atomic E-state index is 0.301. The van der Waals surface area contributed by atoms with E-state index < -0.39 is 0 Å². The average Bonchev–Trinajstić information content (AvgIpc) is 2.87. The van der Waals surface area contributed by atoms with Gasteiger partial charge in [0.25, 0.3) is 0 Å². The molecule has 0 radical (unpaired) electrons. The molecule has 0 aromatic heterocycles. The standard InChI is InChI=1S/C35H54O2S/c1-8-9-12-23-38-33-30-14-11-10-13-29(30)31(36-27-19-15-25(16-20-27)34(2,3)4)24-32(33)37-28-21-17-26(18-22-28)35(5,6)7/h10-11,13-14,24-28H,8-9,12,15-23H2,1-7H3. The summed E-state index contributed by atoms with van der Waals surface area (Å²) in [6.07, 6.45) is 14.1. The van der Waals surface area contributed by atoms with Crippen molar-refractivity contribution in [3.63, 3.8) is 0 Å². The zero-order valence-electron chi connectivity index (χ0n) is 25.4. The summed E-state index contributed by atoms with van der Waals surface area (Å²) >= 11 is 1.99. The fourth-order valence-corrected chi connectivity index (χ4v) is 7.74. The van der Waals surface area contributed by atoms with Crippen molar-refractivity contribution in [3.05, 3.63) is 30.3 Å². The van der Waals surface area contributed by atoms with Crippen molar-refractivity contribution in [2.24, 2.45) is 22.7 Å². The highest BCUT2D eigenvalue weighted by molar-refractivity contribution is 7.99. The fourth-order valence-electron chi connectivity index (χ4n) is 6.60. The van der Waals surface area contributed by atoms with Gasteiger partial charge < -0.3 is 9.47 Å². The number of hydrogen-bond acceptors (Lipinski definition) is 3. The van der Waals surface area contributed by atoms with E-state index in [2.05, 4.69) is 78.8 Å². The Kier molecular flexibility index (Phi) is 10.0. The lowest BCUT2D eigenvalue weighted by molar-refractivity contribution is 0.0831. The molecule has 0 saturated heterocycles. The number of thioether (sulfide) groups is 1. The molecule has 4 rings (SSSR count). The first-order chi connectivity index (χ1) is 18.1. The molecule has 38 heavy (non-hydrogen) atoms. The van der Waals surface area contributed by atoms with Gasteiger partial charge in [-0.25, -0.2) is 0 Å². The summed E-state index contributed by atoms with van der Waals surface area (Å²) in [7, 11) is 0. The summed E-state index contributed by atoms with van der Waals surface area (Å²) in [5.41, 5.74) is 0.780. The summed E-state index contributed by atoms with van der Waals surface area (Å²) in [5.74, 6) is 4.81. The van der Waals surface area contributed by atoms with Gasteiger partial charge in [0.2, 0.25) is 0 Å². The topological polar surface area (TPSA) is 18.5 Å². The Labute approximate surface area is 238 Å². The molecule has 0 atom stereocenters. The van der Waals surface area contributed by atoms with Crippen LogP contribution in [0.3, 0.4) is 0 Å². The van der Waals surface area contributed by atoms with E-state index in [4.69, 9.17) is 9.47 Å². The van der Waals surface area contributed by atoms with E-state index in [0.29, 0.717) is 23.0 Å². The molecule has 2 aromatic carbocycles. The molecule has 2 aliphatic carbocycles. The third kappa shape index (κ3) is 7.64. The highest BCUT2D eigenvalue weighted by Gasteiger charge is 2.32. The van der Waals surface area contributed by atoms with Crippen LogP contribution in [0.2, 0.25) is 0 Å². The van der Waals surface area contributed by atoms with Gasteiger partial charge in [0, 0.05) is 16.8 Å². The SMILES string of the molecule is CCCCCSc1c(OC2CCC(C(C)(C)C)CC2)cc(OC2CCC(C(C)(C)C)CC2)c2ccccc12. The molecule has 0 heterocycles. The van der Waals surface area contributed by atoms with Crippen LogP contribution in [0.5, 0.6) is 11.5 Å². The second-order valence-electron chi connectivity index (χ2n) is 14.2. The average molecular weight is 539 g/mol. The van der Waals surface area contributed by atoms with Crippen molar-refractivity contribution >= 4 is 22.5 Å². The van der Waals surface area contributed by atoms with Gasteiger partial charge in [-0.3, -0.25) is 0 Å². The Morgan fingerprint density at radius 3 is 1.68 bits per heavy atom. The molecule has 0 spiro atoms. The van der Waals surface area contributed by atoms with E-state index >= 15 is 0 Å². The molecule has 212 valence electrons. The summed E-state index contributed by atoms with van der Waals surface area (Å²) in [4.78, 5) is 1.32. The van der Waals surface area contributed by atoms with Crippen LogP contribution in [-0.2, 0) is 0 Å². The first kappa shape index (κ1) is 29.6. The molecule has 2 fully saturated rings. The van der Waals surface area contributed by atoms with Crippen molar-refractivity contribution in [1.82, 2.24) is 0 Å². The Morgan fingerprint density at radius 1 is 0.684 bits per heavy atom. The third-order valence-electron chi connectivity index (χ3n) is 9.30. The normalized spacial score (nSPS) is 24.9. The summed E-state index contributed by atoms with van der Waals surface area (Å²) in [6.45, 7) is 16.6. The Balaban J connectivity index is 1.57. The number of ether oxygens (including phenoxy) is 2. The number of unbranched alkanes of at least 4 members (excludes halogenated alkanes) is 2. The Bertz CT molecular complexity index is 1010. The number of benzene rings is 2. The Hall–Kier alpha value is -1.35. The number of fused-ring (bicyclic) bond motifs is 1. The minimum Gasteiger partial charge on any atom is -0.490 e. The second-order valence-corrected chi connectivity index (χ2v) is 15.3. The molecule has 0 N–H and O–H groups in total. The first-order valence-electron chi connectivity index (χ1n) is 15.6. The highest BCUT2D eigenvalue weighted by atomic mass is 32.2. The molecule has 0 amide bonds. The predicted octanol–water partition coefficient (Wildman–Crippen LogP) is 11.1. The van der Waals surface area contributed by atoms with E-state index in [1.807, 2.05) is 11.8 Å². The summed E-state index contributed by atoms with van der Waals surface area (Å²) in [5, 5.41) is 2.54. The monoisotopic (exact) mass is 538 g/mol. The molecule has 2 nitrogen and oxygen atoms in total. The second kappa shape index (κ2) is 12.9. The smallest absolute Gasteiger partial charge is 0.137 e. The van der Waals surface area contributed by atoms with E-state index in [1.54, 1.807) is 0 Å². The molecular weight excluding hydrogens is 484 g/mol. The van der Waals surface area contributed by atoms with Crippen LogP contribution in [-0.4, -0.2) is 18.0 Å². The number of rotatable bonds is 9. The fraction of sp³-hybridized carbons (Fsp3) is 0.714. The van der Waals surface area contributed by atoms with Crippen LogP contribution in [0, 0.1) is 22.7 Å². The maximum absolute atomic E-state index is 6.90. The van der Waals surface area contributed by atoms with Gasteiger partial charge in [-0.1, -0.05) is 85.6 Å². The van der Waals surface area contributed by atoms with Gasteiger partial charge >= 0.3 is 0 Å². The van der Waals surface area contributed by atoms with Crippen molar-refractivity contribution in [2.75, 3.05) is 5.75 Å². The Morgan fingerprint density at radius 2 is 1.18 bits per heavy atom. The van der Waals surface area contributed by atoms with Crippen LogP contribution in [0.25, 0.3) is 10.8 Å². The lowest BCUT2D eigenvalue weighted by atomic mass is 9.72. The lowest BCUT2D eigenvalue weighted by Crippen LogP contribution is -2.31. The van der Waals surface area contributed by atoms with Gasteiger partial charge in [-0.05, 0) is 86.2 Å². The lowest BCUT2D eigenvalue weighted by Gasteiger charge is -2.37. The van der Waals surface area contributed by atoms with Gasteiger partial charge in [-0.15, -0.1) is 11.8 Å². The molecule has 2 aromatic rings. The molecule has 0 aliphatic heterocycles. The van der Waals surface area contributed by atoms with Gasteiger partial charge in [0.15, 0.2) is 0 Å². The third-order valence-corrected chi connectivity index (χ3v) is 10.5. The van der Waals surface area contributed by atoms with Crippen molar-refractivity contribution in [1.29, 1.82) is 0 Å². The van der Waals surface area contributed by atoms with Gasteiger partial charge in [-0.2, -0.15) is 0 Å². The summed E-state index contributed by atoms with van der Waals surface area (Å²) in [6, 6.07) is 11.1. The van der Waals surface area contributed by atoms with Crippen LogP contribution in [0.4, 0.5) is 0 Å². The zero-order chi connectivity index (χ0) is 27.3. The largest absolute Gasteiger partial charge is 0.490 e. The van der Waals surface area contributed by atoms with Crippen molar-refractivity contribution in [2.45, 2.75) is 136 Å². The highest BCUT2D eigenvalue weighted by Crippen LogP contribution is 2.46. The van der Waals surface area contributed by atoms with E-state index in [1.165, 1.54) is 60.6 Å². The predicted molar refractivity (Wildman–Crippen MR) is 166 cm³/mol. The van der Waals surface area contributed by atoms with E-state index in [0.717, 1.165) is 54.8 Å². The van der Waals surface area contributed by atoms with E-state index in [9.17, 15) is 0 Å². The van der Waals surface area contributed by atoms with Crippen LogP contribution < -0.4 is 9.47 Å². The first-order valence-corrected chi connectivity index (χ1v) is 16.6. The maximum Gasteiger partial charge on any atom is 0.137 e.